The minimum atomic E-state index is -0.500. The van der Waals surface area contributed by atoms with Crippen molar-refractivity contribution >= 4 is 34.0 Å². The van der Waals surface area contributed by atoms with Gasteiger partial charge in [-0.15, -0.1) is 6.58 Å². The van der Waals surface area contributed by atoms with Gasteiger partial charge in [0.2, 0.25) is 0 Å². The summed E-state index contributed by atoms with van der Waals surface area (Å²) in [6.07, 6.45) is 2.57. The first-order chi connectivity index (χ1) is 14.1. The van der Waals surface area contributed by atoms with Gasteiger partial charge in [0, 0.05) is 23.9 Å². The summed E-state index contributed by atoms with van der Waals surface area (Å²) < 4.78 is 0. The average Bonchev–Trinajstić information content (AvgIpc) is 3.01. The van der Waals surface area contributed by atoms with Crippen LogP contribution in [0.3, 0.4) is 0 Å². The minimum absolute atomic E-state index is 0.0737. The molecule has 0 saturated carbocycles. The summed E-state index contributed by atoms with van der Waals surface area (Å²) in [6, 6.07) is 16.2. The molecule has 0 spiro atoms. The van der Waals surface area contributed by atoms with Crippen molar-refractivity contribution in [1.29, 1.82) is 0 Å². The van der Waals surface area contributed by atoms with Crippen LogP contribution in [-0.2, 0) is 0 Å². The van der Waals surface area contributed by atoms with Crippen LogP contribution in [0, 0.1) is 0 Å². The van der Waals surface area contributed by atoms with Gasteiger partial charge in [-0.05, 0) is 25.5 Å². The van der Waals surface area contributed by atoms with Gasteiger partial charge in [-0.2, -0.15) is 0 Å². The molecule has 0 atom stereocenters. The summed E-state index contributed by atoms with van der Waals surface area (Å²) in [5, 5.41) is 12.3. The zero-order valence-electron chi connectivity index (χ0n) is 16.3. The van der Waals surface area contributed by atoms with E-state index in [9.17, 15) is 14.7 Å². The monoisotopic (exact) mass is 386 g/mol. The Labute approximate surface area is 169 Å². The lowest BCUT2D eigenvalue weighted by atomic mass is 9.96. The first kappa shape index (κ1) is 18.7. The van der Waals surface area contributed by atoms with Crippen LogP contribution in [0.5, 0.6) is 5.75 Å². The molecule has 29 heavy (non-hydrogen) atoms. The molecule has 0 fully saturated rings. The molecule has 4 rings (SSSR count). The number of imide groups is 1. The maximum atomic E-state index is 13.5. The summed E-state index contributed by atoms with van der Waals surface area (Å²) in [5.74, 6) is -1.05. The maximum Gasteiger partial charge on any atom is 0.270 e. The number of para-hydroxylation sites is 1. The first-order valence-electron chi connectivity index (χ1n) is 9.67. The number of hydrogen-bond acceptors (Lipinski definition) is 4. The minimum Gasteiger partial charge on any atom is -0.506 e. The molecule has 0 unspecified atom stereocenters. The smallest absolute Gasteiger partial charge is 0.270 e. The molecule has 3 aromatic carbocycles. The Hall–Kier alpha value is -3.60. The van der Waals surface area contributed by atoms with Crippen LogP contribution < -0.4 is 9.80 Å². The zero-order valence-corrected chi connectivity index (χ0v) is 16.3. The van der Waals surface area contributed by atoms with Crippen molar-refractivity contribution in [2.24, 2.45) is 0 Å². The van der Waals surface area contributed by atoms with Gasteiger partial charge in [0.25, 0.3) is 11.8 Å². The van der Waals surface area contributed by atoms with E-state index in [0.717, 1.165) is 16.7 Å². The van der Waals surface area contributed by atoms with Crippen LogP contribution in [0.4, 0.5) is 11.4 Å². The highest BCUT2D eigenvalue weighted by Gasteiger charge is 2.43. The van der Waals surface area contributed by atoms with E-state index in [-0.39, 0.29) is 16.9 Å². The third kappa shape index (κ3) is 2.86. The number of phenols is 1. The Kier molecular flexibility index (Phi) is 4.80. The summed E-state index contributed by atoms with van der Waals surface area (Å²) in [6.45, 7) is 7.11. The second kappa shape index (κ2) is 7.43. The topological polar surface area (TPSA) is 60.9 Å². The van der Waals surface area contributed by atoms with Gasteiger partial charge in [-0.1, -0.05) is 48.5 Å². The van der Waals surface area contributed by atoms with E-state index in [1.165, 1.54) is 0 Å². The highest BCUT2D eigenvalue weighted by molar-refractivity contribution is 6.39. The fourth-order valence-corrected chi connectivity index (χ4v) is 3.95. The molecule has 1 heterocycles. The largest absolute Gasteiger partial charge is 0.506 e. The Morgan fingerprint density at radius 1 is 0.966 bits per heavy atom. The molecule has 5 nitrogen and oxygen atoms in total. The van der Waals surface area contributed by atoms with E-state index in [1.54, 1.807) is 30.3 Å². The molecule has 0 aromatic heterocycles. The van der Waals surface area contributed by atoms with Gasteiger partial charge in [-0.3, -0.25) is 9.59 Å². The van der Waals surface area contributed by atoms with E-state index in [0.29, 0.717) is 29.9 Å². The summed E-state index contributed by atoms with van der Waals surface area (Å²) in [4.78, 5) is 29.9. The van der Waals surface area contributed by atoms with E-state index in [4.69, 9.17) is 0 Å². The molecule has 146 valence electrons. The SMILES string of the molecule is C=CCCN(CC)c1c2c(c(O)c3ccccc13)C(=O)N(c1ccccc1)C2=O. The number of phenolic OH excluding ortho intramolecular Hbond substituents is 1. The molecule has 2 amide bonds. The van der Waals surface area contributed by atoms with E-state index in [1.807, 2.05) is 37.3 Å². The van der Waals surface area contributed by atoms with Gasteiger partial charge in [0.05, 0.1) is 22.5 Å². The lowest BCUT2D eigenvalue weighted by molar-refractivity contribution is 0.0926. The molecular weight excluding hydrogens is 364 g/mol. The Bertz CT molecular complexity index is 1120. The Balaban J connectivity index is 2.02. The second-order valence-corrected chi connectivity index (χ2v) is 6.93. The maximum absolute atomic E-state index is 13.5. The average molecular weight is 386 g/mol. The van der Waals surface area contributed by atoms with Crippen LogP contribution in [0.2, 0.25) is 0 Å². The lowest BCUT2D eigenvalue weighted by Gasteiger charge is -2.26. The van der Waals surface area contributed by atoms with Crippen molar-refractivity contribution in [3.05, 3.63) is 78.4 Å². The number of amides is 2. The predicted molar refractivity (Wildman–Crippen MR) is 116 cm³/mol. The van der Waals surface area contributed by atoms with Gasteiger partial charge in [-0.25, -0.2) is 4.90 Å². The van der Waals surface area contributed by atoms with Crippen molar-refractivity contribution in [2.45, 2.75) is 13.3 Å². The van der Waals surface area contributed by atoms with Crippen molar-refractivity contribution in [3.63, 3.8) is 0 Å². The molecule has 0 bridgehead atoms. The van der Waals surface area contributed by atoms with Crippen LogP contribution in [0.15, 0.2) is 67.3 Å². The number of hydrogen-bond donors (Lipinski definition) is 1. The molecule has 1 N–H and O–H groups in total. The quantitative estimate of drug-likeness (QED) is 0.491. The normalized spacial score (nSPS) is 13.1. The molecule has 5 heteroatoms. The van der Waals surface area contributed by atoms with Gasteiger partial charge in [0.15, 0.2) is 0 Å². The lowest BCUT2D eigenvalue weighted by Crippen LogP contribution is -2.30. The molecule has 0 radical (unpaired) electrons. The molecule has 1 aliphatic rings. The van der Waals surface area contributed by atoms with Crippen molar-refractivity contribution in [1.82, 2.24) is 0 Å². The van der Waals surface area contributed by atoms with Crippen LogP contribution >= 0.6 is 0 Å². The van der Waals surface area contributed by atoms with E-state index in [2.05, 4.69) is 11.5 Å². The number of carbonyl (C=O) groups is 2. The van der Waals surface area contributed by atoms with Gasteiger partial charge in [0.1, 0.15) is 5.75 Å². The van der Waals surface area contributed by atoms with Crippen LogP contribution in [-0.4, -0.2) is 30.0 Å². The molecule has 0 saturated heterocycles. The summed E-state index contributed by atoms with van der Waals surface area (Å²) in [7, 11) is 0. The fraction of sp³-hybridized carbons (Fsp3) is 0.167. The number of benzene rings is 3. The van der Waals surface area contributed by atoms with Crippen molar-refractivity contribution in [3.8, 4) is 5.75 Å². The van der Waals surface area contributed by atoms with Crippen LogP contribution in [0.1, 0.15) is 34.1 Å². The number of nitrogens with zero attached hydrogens (tertiary/aromatic N) is 2. The predicted octanol–water partition coefficient (Wildman–Crippen LogP) is 4.75. The molecule has 1 aliphatic heterocycles. The molecule has 0 aliphatic carbocycles. The standard InChI is InChI=1S/C24H22N2O3/c1-3-5-15-25(4-2)21-17-13-9-10-14-18(17)22(27)20-19(21)23(28)26(24(20)29)16-11-7-6-8-12-16/h3,6-14,27H,1,4-5,15H2,2H3. The molecular formula is C24H22N2O3. The number of fused-ring (bicyclic) bond motifs is 2. The summed E-state index contributed by atoms with van der Waals surface area (Å²) in [5.41, 5.74) is 1.52. The number of anilines is 2. The fourth-order valence-electron chi connectivity index (χ4n) is 3.95. The highest BCUT2D eigenvalue weighted by Crippen LogP contribution is 2.45. The zero-order chi connectivity index (χ0) is 20.5. The van der Waals surface area contributed by atoms with Gasteiger partial charge >= 0.3 is 0 Å². The first-order valence-corrected chi connectivity index (χ1v) is 9.67. The Morgan fingerprint density at radius 3 is 2.24 bits per heavy atom. The van der Waals surface area contributed by atoms with Crippen molar-refractivity contribution < 1.29 is 14.7 Å². The van der Waals surface area contributed by atoms with E-state index >= 15 is 0 Å². The third-order valence-corrected chi connectivity index (χ3v) is 5.31. The van der Waals surface area contributed by atoms with Gasteiger partial charge < -0.3 is 10.0 Å². The van der Waals surface area contributed by atoms with Crippen LogP contribution in [0.25, 0.3) is 10.8 Å². The third-order valence-electron chi connectivity index (χ3n) is 5.31. The second-order valence-electron chi connectivity index (χ2n) is 6.93. The number of aromatic hydroxyl groups is 1. The Morgan fingerprint density at radius 2 is 1.59 bits per heavy atom. The summed E-state index contributed by atoms with van der Waals surface area (Å²) >= 11 is 0. The van der Waals surface area contributed by atoms with Crippen molar-refractivity contribution in [2.75, 3.05) is 22.9 Å². The number of carbonyl (C=O) groups excluding carboxylic acids is 2. The molecule has 3 aromatic rings. The highest BCUT2D eigenvalue weighted by atomic mass is 16.3. The van der Waals surface area contributed by atoms with E-state index < -0.39 is 11.8 Å². The number of rotatable bonds is 6.